The molecule has 2 heterocycles. The molecule has 0 bridgehead atoms. The molecule has 0 spiro atoms. The number of rotatable bonds is 4. The fourth-order valence-electron chi connectivity index (χ4n) is 3.78. The first kappa shape index (κ1) is 19.1. The van der Waals surface area contributed by atoms with E-state index in [4.69, 9.17) is 11.6 Å². The van der Waals surface area contributed by atoms with E-state index in [0.717, 1.165) is 56.2 Å². The first-order valence-corrected chi connectivity index (χ1v) is 9.66. The molecule has 6 nitrogen and oxygen atoms in total. The Morgan fingerprint density at radius 1 is 1.23 bits per heavy atom. The molecule has 0 aliphatic carbocycles. The fraction of sp³-hybridized carbons (Fsp3) is 0.579. The second-order valence-corrected chi connectivity index (χ2v) is 7.47. The summed E-state index contributed by atoms with van der Waals surface area (Å²) < 4.78 is 0. The number of likely N-dealkylation sites (tertiary alicyclic amines) is 1. The SMILES string of the molecule is CC(=O)N1CCC(NC(=O)CN2CCNCC2c2ccccc2Cl)CC1. The maximum atomic E-state index is 12.6. The lowest BCUT2D eigenvalue weighted by Crippen LogP contribution is -2.52. The molecule has 1 aromatic carbocycles. The second kappa shape index (κ2) is 8.84. The molecule has 2 fully saturated rings. The highest BCUT2D eigenvalue weighted by atomic mass is 35.5. The summed E-state index contributed by atoms with van der Waals surface area (Å²) in [6.45, 7) is 5.86. The fourth-order valence-corrected chi connectivity index (χ4v) is 4.05. The zero-order valence-electron chi connectivity index (χ0n) is 15.2. The van der Waals surface area contributed by atoms with Crippen LogP contribution >= 0.6 is 11.6 Å². The zero-order chi connectivity index (χ0) is 18.5. The van der Waals surface area contributed by atoms with Gasteiger partial charge < -0.3 is 15.5 Å². The van der Waals surface area contributed by atoms with Gasteiger partial charge in [0.25, 0.3) is 0 Å². The van der Waals surface area contributed by atoms with E-state index in [0.29, 0.717) is 6.54 Å². The number of hydrogen-bond acceptors (Lipinski definition) is 4. The Morgan fingerprint density at radius 2 is 1.96 bits per heavy atom. The Balaban J connectivity index is 1.56. The summed E-state index contributed by atoms with van der Waals surface area (Å²) in [4.78, 5) is 28.0. The van der Waals surface area contributed by atoms with Crippen molar-refractivity contribution in [2.24, 2.45) is 0 Å². The van der Waals surface area contributed by atoms with Gasteiger partial charge in [-0.2, -0.15) is 0 Å². The number of carbonyl (C=O) groups is 2. The number of halogens is 1. The molecule has 2 amide bonds. The Kier molecular flexibility index (Phi) is 6.51. The molecule has 2 aliphatic heterocycles. The topological polar surface area (TPSA) is 64.7 Å². The molecule has 1 aromatic rings. The molecule has 0 saturated carbocycles. The summed E-state index contributed by atoms with van der Waals surface area (Å²) in [6, 6.07) is 8.08. The van der Waals surface area contributed by atoms with Crippen LogP contribution in [0.2, 0.25) is 5.02 Å². The highest BCUT2D eigenvalue weighted by molar-refractivity contribution is 6.31. The Hall–Kier alpha value is -1.63. The molecular weight excluding hydrogens is 352 g/mol. The van der Waals surface area contributed by atoms with Crippen LogP contribution in [-0.4, -0.2) is 66.9 Å². The summed E-state index contributed by atoms with van der Waals surface area (Å²) in [7, 11) is 0. The summed E-state index contributed by atoms with van der Waals surface area (Å²) in [6.07, 6.45) is 1.64. The monoisotopic (exact) mass is 378 g/mol. The maximum absolute atomic E-state index is 12.6. The molecule has 26 heavy (non-hydrogen) atoms. The highest BCUT2D eigenvalue weighted by Gasteiger charge is 2.28. The third-order valence-electron chi connectivity index (χ3n) is 5.27. The van der Waals surface area contributed by atoms with Gasteiger partial charge in [-0.25, -0.2) is 0 Å². The number of benzene rings is 1. The maximum Gasteiger partial charge on any atom is 0.234 e. The minimum absolute atomic E-state index is 0.0465. The number of piperidine rings is 1. The lowest BCUT2D eigenvalue weighted by Gasteiger charge is -2.37. The lowest BCUT2D eigenvalue weighted by atomic mass is 10.0. The lowest BCUT2D eigenvalue weighted by molar-refractivity contribution is -0.130. The van der Waals surface area contributed by atoms with Crippen molar-refractivity contribution < 1.29 is 9.59 Å². The van der Waals surface area contributed by atoms with Crippen LogP contribution in [-0.2, 0) is 9.59 Å². The van der Waals surface area contributed by atoms with E-state index >= 15 is 0 Å². The van der Waals surface area contributed by atoms with E-state index < -0.39 is 0 Å². The molecule has 3 rings (SSSR count). The average Bonchev–Trinajstić information content (AvgIpc) is 2.63. The predicted octanol–water partition coefficient (Wildman–Crippen LogP) is 1.41. The van der Waals surface area contributed by atoms with E-state index in [1.807, 2.05) is 29.2 Å². The summed E-state index contributed by atoms with van der Waals surface area (Å²) in [5, 5.41) is 7.27. The molecular formula is C19H27ClN4O2. The standard InChI is InChI=1S/C19H27ClN4O2/c1-14(25)23-9-6-15(7-10-23)22-19(26)13-24-11-8-21-12-18(24)16-4-2-3-5-17(16)20/h2-5,15,18,21H,6-13H2,1H3,(H,22,26). The van der Waals surface area contributed by atoms with Crippen molar-refractivity contribution in [2.75, 3.05) is 39.3 Å². The van der Waals surface area contributed by atoms with Crippen LogP contribution in [0.4, 0.5) is 0 Å². The molecule has 2 aliphatic rings. The Bertz CT molecular complexity index is 646. The van der Waals surface area contributed by atoms with Gasteiger partial charge in [0.15, 0.2) is 0 Å². The van der Waals surface area contributed by atoms with E-state index in [-0.39, 0.29) is 23.9 Å². The number of carbonyl (C=O) groups excluding carboxylic acids is 2. The Morgan fingerprint density at radius 3 is 2.65 bits per heavy atom. The Labute approximate surface area is 159 Å². The molecule has 1 unspecified atom stereocenters. The summed E-state index contributed by atoms with van der Waals surface area (Å²) in [5.74, 6) is 0.156. The smallest absolute Gasteiger partial charge is 0.234 e. The van der Waals surface area contributed by atoms with Crippen molar-refractivity contribution in [2.45, 2.75) is 31.8 Å². The van der Waals surface area contributed by atoms with Crippen molar-refractivity contribution in [1.82, 2.24) is 20.4 Å². The zero-order valence-corrected chi connectivity index (χ0v) is 16.0. The predicted molar refractivity (Wildman–Crippen MR) is 102 cm³/mol. The van der Waals surface area contributed by atoms with E-state index in [1.165, 1.54) is 0 Å². The minimum Gasteiger partial charge on any atom is -0.352 e. The van der Waals surface area contributed by atoms with Gasteiger partial charge in [0.05, 0.1) is 6.54 Å². The van der Waals surface area contributed by atoms with Crippen molar-refractivity contribution in [1.29, 1.82) is 0 Å². The number of piperazine rings is 1. The average molecular weight is 379 g/mol. The molecule has 142 valence electrons. The molecule has 0 radical (unpaired) electrons. The van der Waals surface area contributed by atoms with E-state index in [2.05, 4.69) is 15.5 Å². The molecule has 2 saturated heterocycles. The highest BCUT2D eigenvalue weighted by Crippen LogP contribution is 2.28. The molecule has 0 aromatic heterocycles. The normalized spacial score (nSPS) is 22.2. The van der Waals surface area contributed by atoms with E-state index in [9.17, 15) is 9.59 Å². The van der Waals surface area contributed by atoms with Gasteiger partial charge in [-0.15, -0.1) is 0 Å². The van der Waals surface area contributed by atoms with Gasteiger partial charge in [-0.3, -0.25) is 14.5 Å². The van der Waals surface area contributed by atoms with Crippen LogP contribution in [0.5, 0.6) is 0 Å². The number of nitrogens with one attached hydrogen (secondary N) is 2. The number of nitrogens with zero attached hydrogens (tertiary/aromatic N) is 2. The van der Waals surface area contributed by atoms with Crippen molar-refractivity contribution in [3.8, 4) is 0 Å². The largest absolute Gasteiger partial charge is 0.352 e. The summed E-state index contributed by atoms with van der Waals surface area (Å²) >= 11 is 6.37. The van der Waals surface area contributed by atoms with Crippen LogP contribution < -0.4 is 10.6 Å². The van der Waals surface area contributed by atoms with Crippen LogP contribution in [0.3, 0.4) is 0 Å². The van der Waals surface area contributed by atoms with Gasteiger partial charge >= 0.3 is 0 Å². The first-order chi connectivity index (χ1) is 12.5. The van der Waals surface area contributed by atoms with Gasteiger partial charge in [0.2, 0.25) is 11.8 Å². The van der Waals surface area contributed by atoms with Gasteiger partial charge in [-0.1, -0.05) is 29.8 Å². The van der Waals surface area contributed by atoms with E-state index in [1.54, 1.807) is 6.92 Å². The van der Waals surface area contributed by atoms with Gasteiger partial charge in [0, 0.05) is 56.8 Å². The van der Waals surface area contributed by atoms with Gasteiger partial charge in [0.1, 0.15) is 0 Å². The first-order valence-electron chi connectivity index (χ1n) is 9.28. The summed E-state index contributed by atoms with van der Waals surface area (Å²) in [5.41, 5.74) is 1.06. The van der Waals surface area contributed by atoms with Crippen LogP contribution in [0, 0.1) is 0 Å². The molecule has 2 N–H and O–H groups in total. The number of hydrogen-bond donors (Lipinski definition) is 2. The quantitative estimate of drug-likeness (QED) is 0.831. The van der Waals surface area contributed by atoms with Crippen molar-refractivity contribution in [3.05, 3.63) is 34.9 Å². The molecule has 7 heteroatoms. The van der Waals surface area contributed by atoms with Crippen LogP contribution in [0.25, 0.3) is 0 Å². The van der Waals surface area contributed by atoms with Crippen molar-refractivity contribution >= 4 is 23.4 Å². The third-order valence-corrected chi connectivity index (χ3v) is 5.61. The van der Waals surface area contributed by atoms with Crippen LogP contribution in [0.1, 0.15) is 31.4 Å². The third kappa shape index (κ3) is 4.75. The van der Waals surface area contributed by atoms with Crippen molar-refractivity contribution in [3.63, 3.8) is 0 Å². The van der Waals surface area contributed by atoms with Crippen LogP contribution in [0.15, 0.2) is 24.3 Å². The number of amides is 2. The second-order valence-electron chi connectivity index (χ2n) is 7.06. The molecule has 1 atom stereocenters. The van der Waals surface area contributed by atoms with Gasteiger partial charge in [-0.05, 0) is 24.5 Å². The minimum atomic E-state index is 0.0465.